The molecule has 0 amide bonds. The predicted octanol–water partition coefficient (Wildman–Crippen LogP) is 2.11. The molecule has 0 aromatic heterocycles. The number of rotatable bonds is 2. The van der Waals surface area contributed by atoms with E-state index >= 15 is 0 Å². The molecule has 2 atom stereocenters. The lowest BCUT2D eigenvalue weighted by molar-refractivity contribution is -0.0822. The molecule has 2 rings (SSSR count). The molecule has 0 radical (unpaired) electrons. The van der Waals surface area contributed by atoms with Gasteiger partial charge in [0.25, 0.3) is 0 Å². The van der Waals surface area contributed by atoms with Crippen molar-refractivity contribution >= 4 is 15.9 Å². The summed E-state index contributed by atoms with van der Waals surface area (Å²) in [6.45, 7) is 1.83. The lowest BCUT2D eigenvalue weighted by Gasteiger charge is -2.31. The number of hydrogen-bond acceptors (Lipinski definition) is 2. The molecule has 70 valence electrons. The fourth-order valence-electron chi connectivity index (χ4n) is 2.16. The fourth-order valence-corrected chi connectivity index (χ4v) is 2.96. The summed E-state index contributed by atoms with van der Waals surface area (Å²) in [5.74, 6) is 0. The molecule has 2 unspecified atom stereocenters. The van der Waals surface area contributed by atoms with Crippen molar-refractivity contribution in [1.82, 2.24) is 0 Å². The molecule has 2 heterocycles. The first-order valence-corrected chi connectivity index (χ1v) is 5.81. The van der Waals surface area contributed by atoms with Crippen LogP contribution in [0, 0.1) is 0 Å². The predicted molar refractivity (Wildman–Crippen MR) is 50.7 cm³/mol. The van der Waals surface area contributed by atoms with Crippen molar-refractivity contribution in [3.63, 3.8) is 0 Å². The molecule has 2 aliphatic heterocycles. The maximum Gasteiger partial charge on any atom is 0.104 e. The number of halogens is 1. The fraction of sp³-hybridized carbons (Fsp3) is 1.00. The lowest BCUT2D eigenvalue weighted by Crippen LogP contribution is -2.43. The first-order chi connectivity index (χ1) is 5.87. The molecule has 0 N–H and O–H groups in total. The van der Waals surface area contributed by atoms with Crippen LogP contribution >= 0.6 is 15.9 Å². The van der Waals surface area contributed by atoms with E-state index in [1.807, 2.05) is 0 Å². The summed E-state index contributed by atoms with van der Waals surface area (Å²) in [6, 6.07) is 0. The summed E-state index contributed by atoms with van der Waals surface area (Å²) in [6.07, 6.45) is 5.06. The monoisotopic (exact) mass is 234 g/mol. The zero-order chi connectivity index (χ0) is 8.44. The Balaban J connectivity index is 2.04. The van der Waals surface area contributed by atoms with E-state index in [4.69, 9.17) is 9.47 Å². The average Bonchev–Trinajstić information content (AvgIpc) is 2.76. The minimum Gasteiger partial charge on any atom is -0.375 e. The van der Waals surface area contributed by atoms with Gasteiger partial charge in [-0.15, -0.1) is 0 Å². The second-order valence-electron chi connectivity index (χ2n) is 3.65. The Morgan fingerprint density at radius 1 is 1.33 bits per heavy atom. The summed E-state index contributed by atoms with van der Waals surface area (Å²) in [4.78, 5) is 0. The van der Waals surface area contributed by atoms with Gasteiger partial charge in [0, 0.05) is 18.5 Å². The number of alkyl halides is 1. The highest BCUT2D eigenvalue weighted by atomic mass is 79.9. The van der Waals surface area contributed by atoms with Gasteiger partial charge < -0.3 is 9.47 Å². The van der Waals surface area contributed by atoms with E-state index in [9.17, 15) is 0 Å². The normalized spacial score (nSPS) is 42.2. The van der Waals surface area contributed by atoms with Crippen LogP contribution in [0.2, 0.25) is 0 Å². The van der Waals surface area contributed by atoms with E-state index in [-0.39, 0.29) is 5.60 Å². The summed E-state index contributed by atoms with van der Waals surface area (Å²) < 4.78 is 11.5. The summed E-state index contributed by atoms with van der Waals surface area (Å²) in [5.41, 5.74) is 0.0104. The third-order valence-corrected chi connectivity index (χ3v) is 3.83. The topological polar surface area (TPSA) is 18.5 Å². The van der Waals surface area contributed by atoms with Crippen LogP contribution in [0.1, 0.15) is 25.7 Å². The minimum atomic E-state index is 0.0104. The SMILES string of the molecule is BrCC1(C2CCCO2)CCCO1. The minimum absolute atomic E-state index is 0.0104. The van der Waals surface area contributed by atoms with Crippen molar-refractivity contribution in [3.8, 4) is 0 Å². The van der Waals surface area contributed by atoms with Crippen molar-refractivity contribution in [2.45, 2.75) is 37.4 Å². The Kier molecular flexibility index (Phi) is 2.72. The molecule has 2 saturated heterocycles. The zero-order valence-electron chi connectivity index (χ0n) is 7.22. The Labute approximate surface area is 81.7 Å². The molecule has 0 aromatic rings. The summed E-state index contributed by atoms with van der Waals surface area (Å²) >= 11 is 3.54. The van der Waals surface area contributed by atoms with Crippen LogP contribution in [0.25, 0.3) is 0 Å². The highest BCUT2D eigenvalue weighted by Gasteiger charge is 2.43. The number of ether oxygens (including phenoxy) is 2. The van der Waals surface area contributed by atoms with Crippen molar-refractivity contribution in [1.29, 1.82) is 0 Å². The molecule has 0 aromatic carbocycles. The molecule has 2 aliphatic rings. The number of hydrogen-bond donors (Lipinski definition) is 0. The molecule has 3 heteroatoms. The Morgan fingerprint density at radius 2 is 2.25 bits per heavy atom. The molecular weight excluding hydrogens is 220 g/mol. The molecule has 12 heavy (non-hydrogen) atoms. The van der Waals surface area contributed by atoms with Crippen LogP contribution in [0.3, 0.4) is 0 Å². The van der Waals surface area contributed by atoms with Crippen molar-refractivity contribution in [2.24, 2.45) is 0 Å². The molecule has 2 nitrogen and oxygen atoms in total. The smallest absolute Gasteiger partial charge is 0.104 e. The van der Waals surface area contributed by atoms with Crippen molar-refractivity contribution in [2.75, 3.05) is 18.5 Å². The second kappa shape index (κ2) is 3.64. The van der Waals surface area contributed by atoms with Crippen LogP contribution < -0.4 is 0 Å². The summed E-state index contributed by atoms with van der Waals surface area (Å²) in [7, 11) is 0. The van der Waals surface area contributed by atoms with Crippen molar-refractivity contribution < 1.29 is 9.47 Å². The Bertz CT molecular complexity index is 149. The third kappa shape index (κ3) is 1.42. The van der Waals surface area contributed by atoms with Gasteiger partial charge in [0.05, 0.1) is 6.10 Å². The first-order valence-electron chi connectivity index (χ1n) is 4.69. The van der Waals surface area contributed by atoms with E-state index in [1.54, 1.807) is 0 Å². The van der Waals surface area contributed by atoms with Gasteiger partial charge in [-0.25, -0.2) is 0 Å². The molecule has 2 fully saturated rings. The zero-order valence-corrected chi connectivity index (χ0v) is 8.81. The van der Waals surface area contributed by atoms with Gasteiger partial charge in [-0.1, -0.05) is 15.9 Å². The van der Waals surface area contributed by atoms with Crippen LogP contribution in [-0.4, -0.2) is 30.2 Å². The molecule has 0 spiro atoms. The quantitative estimate of drug-likeness (QED) is 0.682. The molecule has 0 saturated carbocycles. The van der Waals surface area contributed by atoms with Crippen LogP contribution in [-0.2, 0) is 9.47 Å². The third-order valence-electron chi connectivity index (χ3n) is 2.88. The second-order valence-corrected chi connectivity index (χ2v) is 4.21. The van der Waals surface area contributed by atoms with Gasteiger partial charge in [-0.2, -0.15) is 0 Å². The van der Waals surface area contributed by atoms with Gasteiger partial charge in [0.15, 0.2) is 0 Å². The molecule has 0 aliphatic carbocycles. The maximum atomic E-state index is 5.80. The highest BCUT2D eigenvalue weighted by Crippen LogP contribution is 2.36. The van der Waals surface area contributed by atoms with Crippen LogP contribution in [0.15, 0.2) is 0 Å². The van der Waals surface area contributed by atoms with E-state index in [1.165, 1.54) is 19.3 Å². The average molecular weight is 235 g/mol. The van der Waals surface area contributed by atoms with Crippen molar-refractivity contribution in [3.05, 3.63) is 0 Å². The Hall–Kier alpha value is 0.400. The van der Waals surface area contributed by atoms with E-state index < -0.39 is 0 Å². The van der Waals surface area contributed by atoms with Gasteiger partial charge in [0.2, 0.25) is 0 Å². The van der Waals surface area contributed by atoms with E-state index in [0.717, 1.165) is 25.0 Å². The van der Waals surface area contributed by atoms with Gasteiger partial charge in [0.1, 0.15) is 5.60 Å². The molecule has 0 bridgehead atoms. The largest absolute Gasteiger partial charge is 0.375 e. The maximum absolute atomic E-state index is 5.80. The van der Waals surface area contributed by atoms with Gasteiger partial charge in [-0.3, -0.25) is 0 Å². The van der Waals surface area contributed by atoms with E-state index in [0.29, 0.717) is 6.10 Å². The standard InChI is InChI=1S/C9H15BrO2/c10-7-9(4-2-6-12-9)8-3-1-5-11-8/h8H,1-7H2. The van der Waals surface area contributed by atoms with E-state index in [2.05, 4.69) is 15.9 Å². The summed E-state index contributed by atoms with van der Waals surface area (Å²) in [5, 5.41) is 0.921. The highest BCUT2D eigenvalue weighted by molar-refractivity contribution is 9.09. The Morgan fingerprint density at radius 3 is 2.75 bits per heavy atom. The van der Waals surface area contributed by atoms with Crippen LogP contribution in [0.5, 0.6) is 0 Å². The lowest BCUT2D eigenvalue weighted by atomic mass is 9.93. The van der Waals surface area contributed by atoms with Crippen LogP contribution in [0.4, 0.5) is 0 Å². The molecular formula is C9H15BrO2. The first kappa shape index (κ1) is 8.97. The van der Waals surface area contributed by atoms with Gasteiger partial charge >= 0.3 is 0 Å². The van der Waals surface area contributed by atoms with Gasteiger partial charge in [-0.05, 0) is 25.7 Å².